The summed E-state index contributed by atoms with van der Waals surface area (Å²) in [6.45, 7) is 2.71. The second kappa shape index (κ2) is 8.68. The molecular formula is C26H24FN3O3S. The molecule has 0 radical (unpaired) electrons. The Balaban J connectivity index is 1.50. The van der Waals surface area contributed by atoms with Crippen LogP contribution in [-0.4, -0.2) is 36.2 Å². The van der Waals surface area contributed by atoms with E-state index >= 15 is 0 Å². The van der Waals surface area contributed by atoms with Crippen LogP contribution < -0.4 is 15.0 Å². The Labute approximate surface area is 201 Å². The molecule has 2 aliphatic heterocycles. The van der Waals surface area contributed by atoms with Crippen molar-refractivity contribution in [2.45, 2.75) is 18.3 Å². The van der Waals surface area contributed by atoms with Crippen LogP contribution in [0.4, 0.5) is 20.6 Å². The van der Waals surface area contributed by atoms with Gasteiger partial charge in [-0.15, -0.1) is 11.8 Å². The van der Waals surface area contributed by atoms with E-state index in [2.05, 4.69) is 5.32 Å². The van der Waals surface area contributed by atoms with Crippen LogP contribution in [0, 0.1) is 12.7 Å². The predicted molar refractivity (Wildman–Crippen MR) is 132 cm³/mol. The van der Waals surface area contributed by atoms with Crippen LogP contribution in [-0.2, 0) is 16.2 Å². The van der Waals surface area contributed by atoms with Crippen molar-refractivity contribution in [3.8, 4) is 5.75 Å². The molecule has 1 N–H and O–H groups in total. The van der Waals surface area contributed by atoms with Crippen LogP contribution in [0.25, 0.3) is 0 Å². The van der Waals surface area contributed by atoms with Gasteiger partial charge in [0.25, 0.3) is 5.91 Å². The van der Waals surface area contributed by atoms with E-state index in [1.54, 1.807) is 42.3 Å². The maximum absolute atomic E-state index is 14.4. The first-order valence-corrected chi connectivity index (χ1v) is 11.9. The molecule has 1 saturated heterocycles. The first-order valence-electron chi connectivity index (χ1n) is 11.0. The lowest BCUT2D eigenvalue weighted by Gasteiger charge is -2.33. The fourth-order valence-electron chi connectivity index (χ4n) is 4.60. The Morgan fingerprint density at radius 1 is 1.15 bits per heavy atom. The third-order valence-corrected chi connectivity index (χ3v) is 7.58. The molecule has 3 aromatic carbocycles. The van der Waals surface area contributed by atoms with Crippen LogP contribution >= 0.6 is 11.8 Å². The minimum atomic E-state index is -1.31. The summed E-state index contributed by atoms with van der Waals surface area (Å²) in [5, 5.41) is 2.88. The van der Waals surface area contributed by atoms with E-state index in [0.717, 1.165) is 11.1 Å². The maximum atomic E-state index is 14.4. The summed E-state index contributed by atoms with van der Waals surface area (Å²) in [5.41, 5.74) is 3.79. The van der Waals surface area contributed by atoms with E-state index in [4.69, 9.17) is 4.74 Å². The molecule has 1 atom stereocenters. The first kappa shape index (κ1) is 22.3. The van der Waals surface area contributed by atoms with Crippen LogP contribution in [0.15, 0.2) is 66.7 Å². The monoisotopic (exact) mass is 477 g/mol. The van der Waals surface area contributed by atoms with Gasteiger partial charge < -0.3 is 15.0 Å². The number of rotatable bonds is 4. The Morgan fingerprint density at radius 2 is 1.94 bits per heavy atom. The zero-order valence-electron chi connectivity index (χ0n) is 18.9. The quantitative estimate of drug-likeness (QED) is 0.566. The van der Waals surface area contributed by atoms with Gasteiger partial charge >= 0.3 is 6.03 Å². The van der Waals surface area contributed by atoms with Gasteiger partial charge in [-0.05, 0) is 55.0 Å². The number of fused-ring (bicyclic) bond motifs is 2. The number of amides is 3. The molecule has 0 aliphatic carbocycles. The van der Waals surface area contributed by atoms with Crippen molar-refractivity contribution < 1.29 is 18.7 Å². The fourth-order valence-corrected chi connectivity index (χ4v) is 6.05. The second-order valence-corrected chi connectivity index (χ2v) is 9.63. The number of aryl methyl sites for hydroxylation is 1. The Hall–Kier alpha value is -3.52. The van der Waals surface area contributed by atoms with Gasteiger partial charge in [-0.25, -0.2) is 9.18 Å². The minimum Gasteiger partial charge on any atom is -0.497 e. The van der Waals surface area contributed by atoms with Crippen molar-refractivity contribution in [1.29, 1.82) is 0 Å². The van der Waals surface area contributed by atoms with E-state index in [0.29, 0.717) is 41.5 Å². The molecule has 0 bridgehead atoms. The summed E-state index contributed by atoms with van der Waals surface area (Å²) < 4.78 is 19.6. The van der Waals surface area contributed by atoms with E-state index in [1.807, 2.05) is 31.2 Å². The van der Waals surface area contributed by atoms with Gasteiger partial charge in [-0.1, -0.05) is 29.8 Å². The normalized spacial score (nSPS) is 19.0. The number of ether oxygens (including phenoxy) is 1. The van der Waals surface area contributed by atoms with Crippen molar-refractivity contribution in [2.75, 3.05) is 29.6 Å². The molecule has 1 fully saturated rings. The Kier molecular flexibility index (Phi) is 5.69. The van der Waals surface area contributed by atoms with Gasteiger partial charge in [-0.3, -0.25) is 9.69 Å². The van der Waals surface area contributed by atoms with Crippen molar-refractivity contribution >= 4 is 35.1 Å². The summed E-state index contributed by atoms with van der Waals surface area (Å²) in [6.07, 6.45) is 0. The SMILES string of the molecule is COc1ccc(NC(=O)N2CCS[C@@]23C(=O)N(Cc2cccc(C)c2)c2ccc(F)cc23)cc1. The topological polar surface area (TPSA) is 61.9 Å². The number of nitrogens with one attached hydrogen (secondary N) is 1. The number of anilines is 2. The number of thioether (sulfide) groups is 1. The van der Waals surface area contributed by atoms with Gasteiger partial charge in [0.15, 0.2) is 4.87 Å². The molecule has 2 heterocycles. The molecule has 3 amide bonds. The van der Waals surface area contributed by atoms with Crippen molar-refractivity contribution in [2.24, 2.45) is 0 Å². The molecule has 0 saturated carbocycles. The molecule has 0 unspecified atom stereocenters. The van der Waals surface area contributed by atoms with Gasteiger partial charge in [0.05, 0.1) is 19.3 Å². The summed E-state index contributed by atoms with van der Waals surface area (Å²) in [5.74, 6) is 0.567. The van der Waals surface area contributed by atoms with Gasteiger partial charge in [0.1, 0.15) is 11.6 Å². The van der Waals surface area contributed by atoms with Crippen molar-refractivity contribution in [3.05, 3.63) is 89.2 Å². The standard InChI is InChI=1S/C26H24FN3O3S/c1-17-4-3-5-18(14-17)16-29-23-11-6-19(27)15-22(23)26(24(29)31)30(12-13-34-26)25(32)28-20-7-9-21(33-2)10-8-20/h3-11,14-15H,12-13,16H2,1-2H3,(H,28,32)/t26-/m0/s1. The molecule has 3 aromatic rings. The molecule has 0 aromatic heterocycles. The van der Waals surface area contributed by atoms with Crippen LogP contribution in [0.5, 0.6) is 5.75 Å². The molecule has 6 nitrogen and oxygen atoms in total. The number of carbonyl (C=O) groups is 2. The smallest absolute Gasteiger partial charge is 0.323 e. The van der Waals surface area contributed by atoms with Gasteiger partial charge in [0, 0.05) is 23.5 Å². The summed E-state index contributed by atoms with van der Waals surface area (Å²) >= 11 is 1.37. The van der Waals surface area contributed by atoms with E-state index in [-0.39, 0.29) is 5.91 Å². The highest BCUT2D eigenvalue weighted by Crippen LogP contribution is 2.54. The zero-order valence-corrected chi connectivity index (χ0v) is 19.7. The van der Waals surface area contributed by atoms with Crippen molar-refractivity contribution in [3.63, 3.8) is 0 Å². The highest BCUT2D eigenvalue weighted by Gasteiger charge is 2.59. The number of halogens is 1. The van der Waals surface area contributed by atoms with Gasteiger partial charge in [0.2, 0.25) is 0 Å². The molecule has 5 rings (SSSR count). The largest absolute Gasteiger partial charge is 0.497 e. The fraction of sp³-hybridized carbons (Fsp3) is 0.231. The first-order chi connectivity index (χ1) is 16.4. The van der Waals surface area contributed by atoms with E-state index < -0.39 is 16.7 Å². The minimum absolute atomic E-state index is 0.234. The van der Waals surface area contributed by atoms with Gasteiger partial charge in [-0.2, -0.15) is 0 Å². The van der Waals surface area contributed by atoms with Crippen molar-refractivity contribution in [1.82, 2.24) is 4.90 Å². The molecule has 8 heteroatoms. The third-order valence-electron chi connectivity index (χ3n) is 6.17. The number of methoxy groups -OCH3 is 1. The van der Waals surface area contributed by atoms with Crippen LogP contribution in [0.3, 0.4) is 0 Å². The molecule has 34 heavy (non-hydrogen) atoms. The van der Waals surface area contributed by atoms with Crippen LogP contribution in [0.1, 0.15) is 16.7 Å². The molecule has 2 aliphatic rings. The Bertz CT molecular complexity index is 1270. The highest BCUT2D eigenvalue weighted by atomic mass is 32.2. The number of urea groups is 1. The average Bonchev–Trinajstić information content (AvgIpc) is 3.37. The average molecular weight is 478 g/mol. The second-order valence-electron chi connectivity index (χ2n) is 8.34. The lowest BCUT2D eigenvalue weighted by Crippen LogP contribution is -2.51. The number of carbonyl (C=O) groups excluding carboxylic acids is 2. The van der Waals surface area contributed by atoms with E-state index in [1.165, 1.54) is 28.8 Å². The number of hydrogen-bond donors (Lipinski definition) is 1. The lowest BCUT2D eigenvalue weighted by molar-refractivity contribution is -0.123. The number of hydrogen-bond acceptors (Lipinski definition) is 4. The molecule has 174 valence electrons. The highest BCUT2D eigenvalue weighted by molar-refractivity contribution is 8.01. The zero-order chi connectivity index (χ0) is 23.9. The predicted octanol–water partition coefficient (Wildman–Crippen LogP) is 5.12. The lowest BCUT2D eigenvalue weighted by atomic mass is 10.1. The maximum Gasteiger partial charge on any atom is 0.323 e. The third kappa shape index (κ3) is 3.68. The summed E-state index contributed by atoms with van der Waals surface area (Å²) in [7, 11) is 1.57. The summed E-state index contributed by atoms with van der Waals surface area (Å²) in [6, 6.07) is 18.9. The van der Waals surface area contributed by atoms with E-state index in [9.17, 15) is 14.0 Å². The molecular weight excluding hydrogens is 453 g/mol. The molecule has 1 spiro atoms. The van der Waals surface area contributed by atoms with Crippen LogP contribution in [0.2, 0.25) is 0 Å². The number of benzene rings is 3. The summed E-state index contributed by atoms with van der Waals surface area (Å²) in [4.78, 5) is 29.2. The Morgan fingerprint density at radius 3 is 2.68 bits per heavy atom. The number of nitrogens with zero attached hydrogens (tertiary/aromatic N) is 2.